The molecule has 0 spiro atoms. The second kappa shape index (κ2) is 7.04. The summed E-state index contributed by atoms with van der Waals surface area (Å²) in [4.78, 5) is 2.50. The molecule has 0 bridgehead atoms. The van der Waals surface area contributed by atoms with Crippen LogP contribution < -0.4 is 0 Å². The molecule has 6 heteroatoms. The zero-order chi connectivity index (χ0) is 14.5. The van der Waals surface area contributed by atoms with Crippen molar-refractivity contribution in [2.45, 2.75) is 32.5 Å². The van der Waals surface area contributed by atoms with Crippen LogP contribution in [-0.4, -0.2) is 43.2 Å². The molecule has 0 amide bonds. The third-order valence-corrected chi connectivity index (χ3v) is 4.83. The van der Waals surface area contributed by atoms with Crippen LogP contribution in [0.5, 0.6) is 0 Å². The largest absolute Gasteiger partial charge is 0.287 e. The lowest BCUT2D eigenvalue weighted by Gasteiger charge is -2.35. The molecular formula is C15H21N5S. The van der Waals surface area contributed by atoms with Gasteiger partial charge in [0.2, 0.25) is 0 Å². The van der Waals surface area contributed by atoms with Gasteiger partial charge < -0.3 is 0 Å². The fourth-order valence-electron chi connectivity index (χ4n) is 2.71. The third kappa shape index (κ3) is 3.44. The van der Waals surface area contributed by atoms with Gasteiger partial charge in [-0.25, -0.2) is 4.68 Å². The monoisotopic (exact) mass is 303 g/mol. The summed E-state index contributed by atoms with van der Waals surface area (Å²) in [5.74, 6) is 3.29. The maximum absolute atomic E-state index is 4.21. The van der Waals surface area contributed by atoms with Gasteiger partial charge in [-0.2, -0.15) is 11.8 Å². The van der Waals surface area contributed by atoms with E-state index in [1.807, 2.05) is 16.4 Å². The van der Waals surface area contributed by atoms with E-state index in [2.05, 4.69) is 57.7 Å². The van der Waals surface area contributed by atoms with Crippen molar-refractivity contribution in [1.82, 2.24) is 25.1 Å². The summed E-state index contributed by atoms with van der Waals surface area (Å²) in [5.41, 5.74) is 1.39. The van der Waals surface area contributed by atoms with Crippen LogP contribution in [-0.2, 0) is 13.1 Å². The molecular weight excluding hydrogens is 282 g/mol. The van der Waals surface area contributed by atoms with Crippen LogP contribution in [0.3, 0.4) is 0 Å². The number of nitrogens with zero attached hydrogens (tertiary/aromatic N) is 5. The number of aryl methyl sites for hydroxylation is 1. The average Bonchev–Trinajstić information content (AvgIpc) is 2.96. The number of hydrogen-bond donors (Lipinski definition) is 0. The van der Waals surface area contributed by atoms with E-state index in [1.165, 1.54) is 11.3 Å². The lowest BCUT2D eigenvalue weighted by atomic mass is 10.1. The minimum atomic E-state index is 0.455. The number of rotatable bonds is 5. The molecule has 5 nitrogen and oxygen atoms in total. The number of benzene rings is 1. The van der Waals surface area contributed by atoms with Crippen molar-refractivity contribution in [1.29, 1.82) is 0 Å². The molecule has 1 aromatic carbocycles. The Labute approximate surface area is 129 Å². The average molecular weight is 303 g/mol. The molecule has 0 aliphatic carbocycles. The van der Waals surface area contributed by atoms with Crippen molar-refractivity contribution < 1.29 is 0 Å². The quantitative estimate of drug-likeness (QED) is 0.848. The second-order valence-corrected chi connectivity index (χ2v) is 6.44. The van der Waals surface area contributed by atoms with Crippen LogP contribution in [0, 0.1) is 0 Å². The predicted molar refractivity (Wildman–Crippen MR) is 85.0 cm³/mol. The highest BCUT2D eigenvalue weighted by Crippen LogP contribution is 2.30. The molecule has 0 N–H and O–H groups in total. The minimum absolute atomic E-state index is 0.455. The zero-order valence-corrected chi connectivity index (χ0v) is 13.2. The van der Waals surface area contributed by atoms with E-state index in [4.69, 9.17) is 0 Å². The molecule has 1 aliphatic heterocycles. The smallest absolute Gasteiger partial charge is 0.165 e. The fourth-order valence-corrected chi connectivity index (χ4v) is 3.87. The van der Waals surface area contributed by atoms with E-state index in [1.54, 1.807) is 0 Å². The predicted octanol–water partition coefficient (Wildman–Crippen LogP) is 2.37. The highest BCUT2D eigenvalue weighted by Gasteiger charge is 2.25. The van der Waals surface area contributed by atoms with Gasteiger partial charge in [0.15, 0.2) is 5.82 Å². The minimum Gasteiger partial charge on any atom is -0.287 e. The molecule has 2 aromatic rings. The first-order valence-electron chi connectivity index (χ1n) is 7.50. The molecule has 0 saturated carbocycles. The summed E-state index contributed by atoms with van der Waals surface area (Å²) in [7, 11) is 0. The van der Waals surface area contributed by atoms with E-state index in [0.29, 0.717) is 6.04 Å². The van der Waals surface area contributed by atoms with Gasteiger partial charge >= 0.3 is 0 Å². The van der Waals surface area contributed by atoms with Gasteiger partial charge in [-0.15, -0.1) is 5.10 Å². The molecule has 112 valence electrons. The van der Waals surface area contributed by atoms with Crippen LogP contribution in [0.1, 0.15) is 30.8 Å². The first-order valence-corrected chi connectivity index (χ1v) is 8.65. The van der Waals surface area contributed by atoms with Gasteiger partial charge in [0.1, 0.15) is 0 Å². The summed E-state index contributed by atoms with van der Waals surface area (Å²) in [6.07, 6.45) is 1.05. The number of tetrazole rings is 1. The fraction of sp³-hybridized carbons (Fsp3) is 0.533. The topological polar surface area (TPSA) is 46.8 Å². The van der Waals surface area contributed by atoms with E-state index in [0.717, 1.165) is 37.6 Å². The Morgan fingerprint density at radius 3 is 2.95 bits per heavy atom. The van der Waals surface area contributed by atoms with Crippen molar-refractivity contribution in [2.75, 3.05) is 18.1 Å². The van der Waals surface area contributed by atoms with Gasteiger partial charge in [-0.05, 0) is 22.4 Å². The number of aromatic nitrogens is 4. The number of hydrogen-bond acceptors (Lipinski definition) is 5. The van der Waals surface area contributed by atoms with Crippen molar-refractivity contribution in [3.8, 4) is 0 Å². The summed E-state index contributed by atoms with van der Waals surface area (Å²) in [6.45, 7) is 4.95. The maximum Gasteiger partial charge on any atom is 0.165 e. The van der Waals surface area contributed by atoms with Gasteiger partial charge in [0, 0.05) is 30.6 Å². The Morgan fingerprint density at radius 2 is 2.14 bits per heavy atom. The van der Waals surface area contributed by atoms with Gasteiger partial charge in [0.05, 0.1) is 6.54 Å². The van der Waals surface area contributed by atoms with Crippen molar-refractivity contribution in [3.05, 3.63) is 41.7 Å². The Morgan fingerprint density at radius 1 is 1.29 bits per heavy atom. The Hall–Kier alpha value is -1.40. The van der Waals surface area contributed by atoms with Crippen molar-refractivity contribution in [2.24, 2.45) is 0 Å². The molecule has 1 fully saturated rings. The summed E-state index contributed by atoms with van der Waals surface area (Å²) >= 11 is 2.03. The zero-order valence-electron chi connectivity index (χ0n) is 12.4. The van der Waals surface area contributed by atoms with Gasteiger partial charge in [-0.1, -0.05) is 37.3 Å². The molecule has 1 aliphatic rings. The van der Waals surface area contributed by atoms with Crippen LogP contribution in [0.2, 0.25) is 0 Å². The molecule has 0 radical (unpaired) electrons. The molecule has 1 saturated heterocycles. The summed E-state index contributed by atoms with van der Waals surface area (Å²) in [6, 6.07) is 11.2. The van der Waals surface area contributed by atoms with Gasteiger partial charge in [0.25, 0.3) is 0 Å². The molecule has 3 rings (SSSR count). The summed E-state index contributed by atoms with van der Waals surface area (Å²) in [5, 5.41) is 12.1. The molecule has 21 heavy (non-hydrogen) atoms. The Balaban J connectivity index is 1.77. The second-order valence-electron chi connectivity index (χ2n) is 5.29. The first-order chi connectivity index (χ1) is 10.4. The van der Waals surface area contributed by atoms with E-state index in [9.17, 15) is 0 Å². The van der Waals surface area contributed by atoms with Crippen molar-refractivity contribution >= 4 is 11.8 Å². The summed E-state index contributed by atoms with van der Waals surface area (Å²) < 4.78 is 1.93. The molecule has 1 aromatic heterocycles. The molecule has 2 heterocycles. The third-order valence-electron chi connectivity index (χ3n) is 3.81. The first kappa shape index (κ1) is 14.5. The van der Waals surface area contributed by atoms with Crippen LogP contribution in [0.25, 0.3) is 0 Å². The normalized spacial score (nSPS) is 19.8. The highest BCUT2D eigenvalue weighted by atomic mass is 32.2. The highest BCUT2D eigenvalue weighted by molar-refractivity contribution is 7.99. The lowest BCUT2D eigenvalue weighted by Crippen LogP contribution is -2.36. The van der Waals surface area contributed by atoms with E-state index < -0.39 is 0 Å². The Kier molecular flexibility index (Phi) is 4.87. The van der Waals surface area contributed by atoms with Crippen molar-refractivity contribution in [3.63, 3.8) is 0 Å². The Bertz CT molecular complexity index is 556. The molecule has 1 atom stereocenters. The molecule has 0 unspecified atom stereocenters. The van der Waals surface area contributed by atoms with Crippen LogP contribution in [0.15, 0.2) is 30.3 Å². The number of thioether (sulfide) groups is 1. The van der Waals surface area contributed by atoms with Gasteiger partial charge in [-0.3, -0.25) is 4.90 Å². The van der Waals surface area contributed by atoms with E-state index in [-0.39, 0.29) is 0 Å². The van der Waals surface area contributed by atoms with Crippen LogP contribution >= 0.6 is 11.8 Å². The lowest BCUT2D eigenvalue weighted by molar-refractivity contribution is 0.202. The van der Waals surface area contributed by atoms with E-state index >= 15 is 0 Å². The van der Waals surface area contributed by atoms with Crippen LogP contribution in [0.4, 0.5) is 0 Å². The standard InChI is InChI=1S/C15H21N5S/c1-2-8-20-15(16-17-18-20)11-19-9-10-21-12-14(19)13-6-4-3-5-7-13/h3-7,14H,2,8-12H2,1H3/t14-/m1/s1. The maximum atomic E-state index is 4.21. The SMILES string of the molecule is CCCn1nnnc1CN1CCSC[C@@H]1c1ccccc1.